The van der Waals surface area contributed by atoms with E-state index in [0.29, 0.717) is 18.5 Å². The molecule has 146 valence electrons. The van der Waals surface area contributed by atoms with E-state index in [9.17, 15) is 9.90 Å². The number of hydrogen-bond acceptors (Lipinski definition) is 4. The molecule has 7 heteroatoms. The molecule has 0 unspecified atom stereocenters. The first kappa shape index (κ1) is 20.1. The van der Waals surface area contributed by atoms with Crippen molar-refractivity contribution in [2.75, 3.05) is 13.1 Å². The van der Waals surface area contributed by atoms with Gasteiger partial charge in [0.1, 0.15) is 0 Å². The molecule has 6 nitrogen and oxygen atoms in total. The van der Waals surface area contributed by atoms with E-state index in [4.69, 9.17) is 0 Å². The zero-order valence-electron chi connectivity index (χ0n) is 15.3. The highest BCUT2D eigenvalue weighted by Gasteiger charge is 2.42. The molecule has 3 aromatic rings. The predicted molar refractivity (Wildman–Crippen MR) is 110 cm³/mol. The highest BCUT2D eigenvalue weighted by Crippen LogP contribution is 2.31. The van der Waals surface area contributed by atoms with E-state index in [-0.39, 0.29) is 18.3 Å². The number of aliphatic hydroxyl groups is 1. The Morgan fingerprint density at radius 3 is 2.71 bits per heavy atom. The lowest BCUT2D eigenvalue weighted by Gasteiger charge is -2.43. The van der Waals surface area contributed by atoms with Crippen LogP contribution >= 0.6 is 12.4 Å². The molecule has 1 saturated heterocycles. The van der Waals surface area contributed by atoms with Crippen molar-refractivity contribution in [3.8, 4) is 5.69 Å². The standard InChI is InChI=1S/C21H22N4O2.ClH/c26-19-15-22-12-10-21(19,17-7-2-1-3-8-17)24-20(27)16-6-4-9-18(14-16)25-13-5-11-23-25;/h1-9,11,13-14,19,22,26H,10,12,15H2,(H,24,27);1H/t19-,21+;/m1./s1. The van der Waals surface area contributed by atoms with Crippen molar-refractivity contribution >= 4 is 18.3 Å². The SMILES string of the molecule is Cl.O=C(N[C@]1(c2ccccc2)CCNC[C@H]1O)c1cccc(-n2cccn2)c1. The molecule has 0 aliphatic carbocycles. The van der Waals surface area contributed by atoms with E-state index in [2.05, 4.69) is 15.7 Å². The Kier molecular flexibility index (Phi) is 6.14. The molecule has 2 atom stereocenters. The van der Waals surface area contributed by atoms with Crippen LogP contribution in [-0.2, 0) is 5.54 Å². The van der Waals surface area contributed by atoms with Gasteiger partial charge in [-0.2, -0.15) is 5.10 Å². The number of carbonyl (C=O) groups excluding carboxylic acids is 1. The first-order valence-corrected chi connectivity index (χ1v) is 9.06. The van der Waals surface area contributed by atoms with Gasteiger partial charge in [0.2, 0.25) is 0 Å². The number of piperidine rings is 1. The smallest absolute Gasteiger partial charge is 0.252 e. The largest absolute Gasteiger partial charge is 0.389 e. The normalized spacial score (nSPS) is 21.5. The van der Waals surface area contributed by atoms with Crippen LogP contribution in [0.1, 0.15) is 22.3 Å². The monoisotopic (exact) mass is 398 g/mol. The first-order chi connectivity index (χ1) is 13.2. The van der Waals surface area contributed by atoms with Crippen molar-refractivity contribution in [2.24, 2.45) is 0 Å². The lowest BCUT2D eigenvalue weighted by molar-refractivity contribution is 0.0289. The average Bonchev–Trinajstić information content (AvgIpc) is 3.25. The minimum atomic E-state index is -0.814. The number of rotatable bonds is 4. The number of benzene rings is 2. The van der Waals surface area contributed by atoms with Crippen LogP contribution in [-0.4, -0.2) is 40.0 Å². The van der Waals surface area contributed by atoms with Crippen molar-refractivity contribution in [3.63, 3.8) is 0 Å². The van der Waals surface area contributed by atoms with Crippen molar-refractivity contribution < 1.29 is 9.90 Å². The molecule has 28 heavy (non-hydrogen) atoms. The topological polar surface area (TPSA) is 79.2 Å². The number of amides is 1. The summed E-state index contributed by atoms with van der Waals surface area (Å²) in [6.07, 6.45) is 3.43. The van der Waals surface area contributed by atoms with Crippen LogP contribution in [0.25, 0.3) is 5.69 Å². The van der Waals surface area contributed by atoms with Gasteiger partial charge in [-0.25, -0.2) is 4.68 Å². The van der Waals surface area contributed by atoms with Crippen molar-refractivity contribution in [1.29, 1.82) is 0 Å². The van der Waals surface area contributed by atoms with Crippen molar-refractivity contribution in [1.82, 2.24) is 20.4 Å². The molecule has 3 N–H and O–H groups in total. The molecular weight excluding hydrogens is 376 g/mol. The Morgan fingerprint density at radius 1 is 1.18 bits per heavy atom. The predicted octanol–water partition coefficient (Wildman–Crippen LogP) is 2.27. The Bertz CT molecular complexity index is 917. The lowest BCUT2D eigenvalue weighted by Crippen LogP contribution is -2.61. The number of nitrogens with zero attached hydrogens (tertiary/aromatic N) is 2. The molecule has 1 amide bonds. The van der Waals surface area contributed by atoms with E-state index in [0.717, 1.165) is 17.8 Å². The summed E-state index contributed by atoms with van der Waals surface area (Å²) in [5.41, 5.74) is 1.44. The van der Waals surface area contributed by atoms with Gasteiger partial charge in [-0.1, -0.05) is 36.4 Å². The van der Waals surface area contributed by atoms with Gasteiger partial charge >= 0.3 is 0 Å². The number of hydrogen-bond donors (Lipinski definition) is 3. The van der Waals surface area contributed by atoms with Gasteiger partial charge in [0, 0.05) is 24.5 Å². The fraction of sp³-hybridized carbons (Fsp3) is 0.238. The van der Waals surface area contributed by atoms with Crippen LogP contribution in [0.2, 0.25) is 0 Å². The van der Waals surface area contributed by atoms with E-state index in [1.165, 1.54) is 0 Å². The highest BCUT2D eigenvalue weighted by molar-refractivity contribution is 5.95. The van der Waals surface area contributed by atoms with Gasteiger partial charge < -0.3 is 15.7 Å². The van der Waals surface area contributed by atoms with Crippen LogP contribution in [0, 0.1) is 0 Å². The third kappa shape index (κ3) is 3.80. The summed E-state index contributed by atoms with van der Waals surface area (Å²) in [6.45, 7) is 1.15. The van der Waals surface area contributed by atoms with Gasteiger partial charge in [0.15, 0.2) is 0 Å². The molecule has 0 radical (unpaired) electrons. The van der Waals surface area contributed by atoms with Crippen LogP contribution < -0.4 is 10.6 Å². The maximum Gasteiger partial charge on any atom is 0.252 e. The molecular formula is C21H23ClN4O2. The van der Waals surface area contributed by atoms with Crippen LogP contribution in [0.4, 0.5) is 0 Å². The summed E-state index contributed by atoms with van der Waals surface area (Å²) < 4.78 is 1.71. The first-order valence-electron chi connectivity index (χ1n) is 9.06. The Hall–Kier alpha value is -2.67. The second kappa shape index (κ2) is 8.56. The molecule has 0 spiro atoms. The average molecular weight is 399 g/mol. The summed E-state index contributed by atoms with van der Waals surface area (Å²) >= 11 is 0. The molecule has 2 aromatic carbocycles. The number of β-amino-alcohol motifs (C(OH)–C–C–N with tert-alkyl or cyclic N) is 1. The maximum absolute atomic E-state index is 13.1. The number of carbonyl (C=O) groups is 1. The Labute approximate surface area is 170 Å². The summed E-state index contributed by atoms with van der Waals surface area (Å²) in [4.78, 5) is 13.1. The summed E-state index contributed by atoms with van der Waals surface area (Å²) in [7, 11) is 0. The number of aliphatic hydroxyl groups excluding tert-OH is 1. The van der Waals surface area contributed by atoms with Gasteiger partial charge in [-0.15, -0.1) is 12.4 Å². The van der Waals surface area contributed by atoms with Gasteiger partial charge in [-0.05, 0) is 42.8 Å². The molecule has 1 aliphatic rings. The van der Waals surface area contributed by atoms with E-state index >= 15 is 0 Å². The molecule has 0 bridgehead atoms. The lowest BCUT2D eigenvalue weighted by atomic mass is 9.79. The Morgan fingerprint density at radius 2 is 2.00 bits per heavy atom. The number of aromatic nitrogens is 2. The van der Waals surface area contributed by atoms with Crippen LogP contribution in [0.5, 0.6) is 0 Å². The minimum absolute atomic E-state index is 0. The molecule has 2 heterocycles. The van der Waals surface area contributed by atoms with Crippen LogP contribution in [0.15, 0.2) is 73.1 Å². The number of halogens is 1. The van der Waals surface area contributed by atoms with Crippen molar-refractivity contribution in [3.05, 3.63) is 84.2 Å². The van der Waals surface area contributed by atoms with E-state index in [1.807, 2.05) is 54.7 Å². The Balaban J connectivity index is 0.00000225. The number of nitrogens with one attached hydrogen (secondary N) is 2. The molecule has 0 saturated carbocycles. The fourth-order valence-corrected chi connectivity index (χ4v) is 3.64. The fourth-order valence-electron chi connectivity index (χ4n) is 3.64. The summed E-state index contributed by atoms with van der Waals surface area (Å²) in [6, 6.07) is 18.8. The quantitative estimate of drug-likeness (QED) is 0.630. The zero-order valence-corrected chi connectivity index (χ0v) is 16.1. The summed E-state index contributed by atoms with van der Waals surface area (Å²) in [5.74, 6) is -0.214. The van der Waals surface area contributed by atoms with Gasteiger partial charge in [0.25, 0.3) is 5.91 Å². The molecule has 1 aromatic heterocycles. The molecule has 4 rings (SSSR count). The van der Waals surface area contributed by atoms with E-state index < -0.39 is 11.6 Å². The summed E-state index contributed by atoms with van der Waals surface area (Å²) in [5, 5.41) is 21.3. The van der Waals surface area contributed by atoms with Crippen molar-refractivity contribution in [2.45, 2.75) is 18.1 Å². The minimum Gasteiger partial charge on any atom is -0.389 e. The van der Waals surface area contributed by atoms with Crippen LogP contribution in [0.3, 0.4) is 0 Å². The third-order valence-corrected chi connectivity index (χ3v) is 5.11. The van der Waals surface area contributed by atoms with Gasteiger partial charge in [0.05, 0.1) is 17.3 Å². The van der Waals surface area contributed by atoms with Gasteiger partial charge in [-0.3, -0.25) is 4.79 Å². The second-order valence-electron chi connectivity index (χ2n) is 6.76. The second-order valence-corrected chi connectivity index (χ2v) is 6.76. The highest BCUT2D eigenvalue weighted by atomic mass is 35.5. The molecule has 1 aliphatic heterocycles. The maximum atomic E-state index is 13.1. The zero-order chi connectivity index (χ0) is 18.7. The van der Waals surface area contributed by atoms with E-state index in [1.54, 1.807) is 23.0 Å². The third-order valence-electron chi connectivity index (χ3n) is 5.11. The molecule has 1 fully saturated rings.